The maximum absolute atomic E-state index is 5.55. The van der Waals surface area contributed by atoms with Crippen molar-refractivity contribution in [3.8, 4) is 0 Å². The van der Waals surface area contributed by atoms with Crippen LogP contribution in [0.1, 0.15) is 11.1 Å². The lowest BCUT2D eigenvalue weighted by Crippen LogP contribution is -2.49. The van der Waals surface area contributed by atoms with Gasteiger partial charge in [0.2, 0.25) is 0 Å². The van der Waals surface area contributed by atoms with Crippen LogP contribution in [0.25, 0.3) is 0 Å². The molecule has 0 spiro atoms. The Morgan fingerprint density at radius 2 is 2.24 bits per heavy atom. The van der Waals surface area contributed by atoms with Gasteiger partial charge in [0.05, 0.1) is 13.2 Å². The van der Waals surface area contributed by atoms with Crippen molar-refractivity contribution in [1.29, 1.82) is 0 Å². The number of likely N-dealkylation sites (N-methyl/N-ethyl adjacent to an activating group) is 1. The van der Waals surface area contributed by atoms with E-state index in [0.29, 0.717) is 6.04 Å². The summed E-state index contributed by atoms with van der Waals surface area (Å²) >= 11 is 0. The smallest absolute Gasteiger partial charge is 0.0635 e. The highest BCUT2D eigenvalue weighted by Gasteiger charge is 2.22. The molecule has 1 aromatic rings. The van der Waals surface area contributed by atoms with Crippen LogP contribution in [-0.2, 0) is 11.3 Å². The second kappa shape index (κ2) is 6.15. The van der Waals surface area contributed by atoms with Crippen molar-refractivity contribution in [2.75, 3.05) is 33.4 Å². The van der Waals surface area contributed by atoms with Gasteiger partial charge in [0.15, 0.2) is 0 Å². The molecule has 1 N–H and O–H groups in total. The molecule has 1 aliphatic heterocycles. The summed E-state index contributed by atoms with van der Waals surface area (Å²) in [4.78, 5) is 2.52. The van der Waals surface area contributed by atoms with E-state index in [1.54, 1.807) is 0 Å². The zero-order chi connectivity index (χ0) is 12.1. The van der Waals surface area contributed by atoms with Crippen molar-refractivity contribution >= 4 is 0 Å². The molecule has 0 amide bonds. The van der Waals surface area contributed by atoms with Crippen LogP contribution >= 0.6 is 0 Å². The van der Waals surface area contributed by atoms with Gasteiger partial charge in [-0.2, -0.15) is 0 Å². The van der Waals surface area contributed by atoms with Crippen molar-refractivity contribution in [1.82, 2.24) is 10.2 Å². The number of nitrogens with one attached hydrogen (secondary N) is 1. The van der Waals surface area contributed by atoms with Gasteiger partial charge in [-0.15, -0.1) is 0 Å². The van der Waals surface area contributed by atoms with Crippen molar-refractivity contribution in [2.45, 2.75) is 19.5 Å². The lowest BCUT2D eigenvalue weighted by atomic mass is 10.1. The molecule has 0 bridgehead atoms. The molecule has 0 aromatic heterocycles. The minimum absolute atomic E-state index is 0.494. The number of morpholine rings is 1. The molecular weight excluding hydrogens is 212 g/mol. The van der Waals surface area contributed by atoms with Crippen LogP contribution in [0.5, 0.6) is 0 Å². The second-order valence-electron chi connectivity index (χ2n) is 4.68. The number of hydrogen-bond acceptors (Lipinski definition) is 3. The summed E-state index contributed by atoms with van der Waals surface area (Å²) in [5.41, 5.74) is 2.80. The minimum Gasteiger partial charge on any atom is -0.378 e. The van der Waals surface area contributed by atoms with Crippen LogP contribution in [0.3, 0.4) is 0 Å². The highest BCUT2D eigenvalue weighted by Crippen LogP contribution is 2.14. The van der Waals surface area contributed by atoms with Crippen molar-refractivity contribution in [2.24, 2.45) is 0 Å². The third-order valence-corrected chi connectivity index (χ3v) is 3.42. The van der Waals surface area contributed by atoms with Gasteiger partial charge in [0.25, 0.3) is 0 Å². The number of ether oxygens (including phenoxy) is 1. The predicted octanol–water partition coefficient (Wildman–Crippen LogP) is 1.42. The van der Waals surface area contributed by atoms with Gasteiger partial charge in [-0.05, 0) is 25.1 Å². The average molecular weight is 234 g/mol. The van der Waals surface area contributed by atoms with Gasteiger partial charge in [0, 0.05) is 25.7 Å². The van der Waals surface area contributed by atoms with Crippen molar-refractivity contribution < 1.29 is 4.74 Å². The summed E-state index contributed by atoms with van der Waals surface area (Å²) < 4.78 is 5.55. The summed E-state index contributed by atoms with van der Waals surface area (Å²) in [6.07, 6.45) is 0. The molecule has 1 aromatic carbocycles. The lowest BCUT2D eigenvalue weighted by molar-refractivity contribution is -0.0104. The first-order chi connectivity index (χ1) is 8.31. The molecule has 0 saturated carbocycles. The fourth-order valence-corrected chi connectivity index (χ4v) is 2.33. The van der Waals surface area contributed by atoms with Crippen LogP contribution in [0.2, 0.25) is 0 Å². The molecule has 1 fully saturated rings. The minimum atomic E-state index is 0.494. The number of benzene rings is 1. The van der Waals surface area contributed by atoms with Crippen molar-refractivity contribution in [3.05, 3.63) is 35.4 Å². The SMILES string of the molecule is CNCC1COCCN1Cc1ccccc1C. The molecule has 0 radical (unpaired) electrons. The first kappa shape index (κ1) is 12.6. The van der Waals surface area contributed by atoms with Gasteiger partial charge in [-0.1, -0.05) is 24.3 Å². The highest BCUT2D eigenvalue weighted by molar-refractivity contribution is 5.25. The summed E-state index contributed by atoms with van der Waals surface area (Å²) in [5.74, 6) is 0. The molecule has 17 heavy (non-hydrogen) atoms. The maximum Gasteiger partial charge on any atom is 0.0635 e. The molecule has 1 aliphatic rings. The fourth-order valence-electron chi connectivity index (χ4n) is 2.33. The molecule has 3 nitrogen and oxygen atoms in total. The van der Waals surface area contributed by atoms with Crippen molar-refractivity contribution in [3.63, 3.8) is 0 Å². The van der Waals surface area contributed by atoms with Gasteiger partial charge < -0.3 is 10.1 Å². The standard InChI is InChI=1S/C14H22N2O/c1-12-5-3-4-6-13(12)10-16-7-8-17-11-14(16)9-15-2/h3-6,14-15H,7-11H2,1-2H3. The van der Waals surface area contributed by atoms with Gasteiger partial charge in [0.1, 0.15) is 0 Å². The fraction of sp³-hybridized carbons (Fsp3) is 0.571. The Labute approximate surface area is 104 Å². The largest absolute Gasteiger partial charge is 0.378 e. The Morgan fingerprint density at radius 3 is 3.00 bits per heavy atom. The summed E-state index contributed by atoms with van der Waals surface area (Å²) in [6, 6.07) is 9.12. The van der Waals surface area contributed by atoms with E-state index in [9.17, 15) is 0 Å². The summed E-state index contributed by atoms with van der Waals surface area (Å²) in [7, 11) is 2.00. The monoisotopic (exact) mass is 234 g/mol. The Hall–Kier alpha value is -0.900. The van der Waals surface area contributed by atoms with E-state index in [-0.39, 0.29) is 0 Å². The van der Waals surface area contributed by atoms with Crippen LogP contribution in [0.15, 0.2) is 24.3 Å². The van der Waals surface area contributed by atoms with E-state index in [2.05, 4.69) is 41.4 Å². The zero-order valence-electron chi connectivity index (χ0n) is 10.8. The first-order valence-corrected chi connectivity index (χ1v) is 6.32. The highest BCUT2D eigenvalue weighted by atomic mass is 16.5. The molecule has 1 atom stereocenters. The van der Waals surface area contributed by atoms with E-state index in [1.807, 2.05) is 7.05 Å². The van der Waals surface area contributed by atoms with Gasteiger partial charge in [-0.3, -0.25) is 4.90 Å². The molecule has 1 saturated heterocycles. The first-order valence-electron chi connectivity index (χ1n) is 6.32. The zero-order valence-corrected chi connectivity index (χ0v) is 10.8. The molecule has 94 valence electrons. The molecular formula is C14H22N2O. The maximum atomic E-state index is 5.55. The number of aryl methyl sites for hydroxylation is 1. The third-order valence-electron chi connectivity index (χ3n) is 3.42. The van der Waals surface area contributed by atoms with E-state index in [1.165, 1.54) is 11.1 Å². The van der Waals surface area contributed by atoms with E-state index >= 15 is 0 Å². The number of hydrogen-bond donors (Lipinski definition) is 1. The second-order valence-corrected chi connectivity index (χ2v) is 4.68. The molecule has 3 heteroatoms. The van der Waals surface area contributed by atoms with Crippen LogP contribution in [0, 0.1) is 6.92 Å². The molecule has 0 aliphatic carbocycles. The quantitative estimate of drug-likeness (QED) is 0.852. The third kappa shape index (κ3) is 3.28. The van der Waals surface area contributed by atoms with E-state index in [4.69, 9.17) is 4.74 Å². The van der Waals surface area contributed by atoms with Crippen LogP contribution in [-0.4, -0.2) is 44.3 Å². The Kier molecular flexibility index (Phi) is 4.54. The van der Waals surface area contributed by atoms with E-state index in [0.717, 1.165) is 32.8 Å². The summed E-state index contributed by atoms with van der Waals surface area (Å²) in [6.45, 7) is 6.93. The predicted molar refractivity (Wildman–Crippen MR) is 70.1 cm³/mol. The lowest BCUT2D eigenvalue weighted by Gasteiger charge is -2.35. The molecule has 1 heterocycles. The summed E-state index contributed by atoms with van der Waals surface area (Å²) in [5, 5.41) is 3.25. The molecule has 2 rings (SSSR count). The molecule has 1 unspecified atom stereocenters. The van der Waals surface area contributed by atoms with Gasteiger partial charge in [-0.25, -0.2) is 0 Å². The topological polar surface area (TPSA) is 24.5 Å². The Morgan fingerprint density at radius 1 is 1.41 bits per heavy atom. The number of rotatable bonds is 4. The number of nitrogens with zero attached hydrogens (tertiary/aromatic N) is 1. The van der Waals surface area contributed by atoms with Crippen LogP contribution < -0.4 is 5.32 Å². The van der Waals surface area contributed by atoms with Crippen LogP contribution in [0.4, 0.5) is 0 Å². The normalized spacial score (nSPS) is 21.6. The van der Waals surface area contributed by atoms with Gasteiger partial charge >= 0.3 is 0 Å². The Bertz CT molecular complexity index is 352. The van der Waals surface area contributed by atoms with E-state index < -0.39 is 0 Å². The Balaban J connectivity index is 2.03. The average Bonchev–Trinajstić information content (AvgIpc) is 2.35.